The molecule has 1 aliphatic heterocycles. The van der Waals surface area contributed by atoms with E-state index in [0.29, 0.717) is 42.7 Å². The zero-order chi connectivity index (χ0) is 27.8. The molecule has 198 valence electrons. The molecule has 0 bridgehead atoms. The average molecular weight is 584 g/mol. The van der Waals surface area contributed by atoms with Crippen LogP contribution >= 0.6 is 34.5 Å². The fourth-order valence-electron chi connectivity index (χ4n) is 4.30. The van der Waals surface area contributed by atoms with Gasteiger partial charge in [-0.3, -0.25) is 19.5 Å². The number of hydrogen-bond acceptors (Lipinski definition) is 8. The summed E-state index contributed by atoms with van der Waals surface area (Å²) in [5.74, 6) is 0.0491. The molecule has 0 radical (unpaired) electrons. The SMILES string of the molecule is CCOC(=O)C1=C(C)N=c2sc(=Cc3ccc(-c4cc([N+](=O)[O-])ccc4Cl)o3)c(=O)n2[C@H]1c1ccccc1Cl. The van der Waals surface area contributed by atoms with Crippen LogP contribution in [0.3, 0.4) is 0 Å². The second-order valence-electron chi connectivity index (χ2n) is 8.45. The van der Waals surface area contributed by atoms with E-state index in [1.807, 2.05) is 0 Å². The molecule has 0 unspecified atom stereocenters. The lowest BCUT2D eigenvalue weighted by molar-refractivity contribution is -0.384. The minimum atomic E-state index is -0.841. The number of carbonyl (C=O) groups is 1. The standard InChI is InChI=1S/C27H19Cl2N3O6S/c1-3-37-26(34)23-14(2)30-27-31(24(23)17-6-4-5-7-19(17)28)25(33)22(39-27)13-16-9-11-21(38-16)18-12-15(32(35)36)8-10-20(18)29/h4-13,24H,3H2,1-2H3/t24-/m0/s1. The number of rotatable bonds is 6. The molecule has 5 rings (SSSR count). The summed E-state index contributed by atoms with van der Waals surface area (Å²) in [6.07, 6.45) is 1.55. The number of hydrogen-bond donors (Lipinski definition) is 0. The normalized spacial score (nSPS) is 15.2. The van der Waals surface area contributed by atoms with E-state index in [1.54, 1.807) is 56.3 Å². The number of benzene rings is 2. The van der Waals surface area contributed by atoms with Crippen molar-refractivity contribution in [1.82, 2.24) is 4.57 Å². The van der Waals surface area contributed by atoms with E-state index in [4.69, 9.17) is 32.4 Å². The largest absolute Gasteiger partial charge is 0.463 e. The number of non-ortho nitro benzene ring substituents is 1. The van der Waals surface area contributed by atoms with Gasteiger partial charge in [-0.05, 0) is 43.7 Å². The zero-order valence-electron chi connectivity index (χ0n) is 20.5. The van der Waals surface area contributed by atoms with Crippen LogP contribution in [0.4, 0.5) is 5.69 Å². The Labute approximate surface area is 235 Å². The molecule has 3 heterocycles. The fourth-order valence-corrected chi connectivity index (χ4v) is 5.78. The van der Waals surface area contributed by atoms with Gasteiger partial charge in [0.2, 0.25) is 0 Å². The molecule has 12 heteroatoms. The Morgan fingerprint density at radius 3 is 2.69 bits per heavy atom. The first-order valence-corrected chi connectivity index (χ1v) is 13.2. The van der Waals surface area contributed by atoms with Crippen LogP contribution in [0.25, 0.3) is 17.4 Å². The number of carbonyl (C=O) groups excluding carboxylic acids is 1. The molecule has 2 aromatic heterocycles. The highest BCUT2D eigenvalue weighted by molar-refractivity contribution is 7.07. The fraction of sp³-hybridized carbons (Fsp3) is 0.148. The topological polar surface area (TPSA) is 117 Å². The maximum Gasteiger partial charge on any atom is 0.338 e. The van der Waals surface area contributed by atoms with Gasteiger partial charge in [-0.2, -0.15) is 0 Å². The van der Waals surface area contributed by atoms with Crippen molar-refractivity contribution in [3.05, 3.63) is 117 Å². The number of nitrogens with zero attached hydrogens (tertiary/aromatic N) is 3. The van der Waals surface area contributed by atoms with Gasteiger partial charge in [0.1, 0.15) is 17.6 Å². The highest BCUT2D eigenvalue weighted by Gasteiger charge is 2.34. The number of thiazole rings is 1. The van der Waals surface area contributed by atoms with E-state index in [2.05, 4.69) is 4.99 Å². The maximum atomic E-state index is 13.7. The Bertz CT molecular complexity index is 1850. The molecule has 0 N–H and O–H groups in total. The summed E-state index contributed by atoms with van der Waals surface area (Å²) in [7, 11) is 0. The number of aromatic nitrogens is 1. The summed E-state index contributed by atoms with van der Waals surface area (Å²) in [6.45, 7) is 3.55. The molecular formula is C27H19Cl2N3O6S. The van der Waals surface area contributed by atoms with Crippen molar-refractivity contribution in [3.63, 3.8) is 0 Å². The number of nitro groups is 1. The molecule has 0 fully saturated rings. The van der Waals surface area contributed by atoms with E-state index in [1.165, 1.54) is 22.8 Å². The first-order valence-electron chi connectivity index (χ1n) is 11.7. The molecule has 0 spiro atoms. The highest BCUT2D eigenvalue weighted by Crippen LogP contribution is 2.35. The first-order chi connectivity index (χ1) is 18.7. The molecule has 1 aliphatic rings. The minimum absolute atomic E-state index is 0.131. The molecule has 2 aromatic carbocycles. The Morgan fingerprint density at radius 1 is 1.21 bits per heavy atom. The smallest absolute Gasteiger partial charge is 0.338 e. The number of furan rings is 1. The van der Waals surface area contributed by atoms with Crippen molar-refractivity contribution in [2.75, 3.05) is 6.61 Å². The van der Waals surface area contributed by atoms with Crippen LogP contribution in [0.15, 0.2) is 80.1 Å². The summed E-state index contributed by atoms with van der Waals surface area (Å²) in [6, 6.07) is 13.4. The van der Waals surface area contributed by atoms with Gasteiger partial charge in [-0.25, -0.2) is 9.79 Å². The van der Waals surface area contributed by atoms with Crippen molar-refractivity contribution in [1.29, 1.82) is 0 Å². The highest BCUT2D eigenvalue weighted by atomic mass is 35.5. The number of fused-ring (bicyclic) bond motifs is 1. The molecule has 1 atom stereocenters. The van der Waals surface area contributed by atoms with Gasteiger partial charge >= 0.3 is 5.97 Å². The molecule has 0 aliphatic carbocycles. The van der Waals surface area contributed by atoms with E-state index in [0.717, 1.165) is 11.3 Å². The Hall–Kier alpha value is -3.99. The summed E-state index contributed by atoms with van der Waals surface area (Å²) in [5.41, 5.74) is 1.03. The third-order valence-electron chi connectivity index (χ3n) is 6.04. The van der Waals surface area contributed by atoms with Gasteiger partial charge in [0.05, 0.1) is 32.4 Å². The minimum Gasteiger partial charge on any atom is -0.463 e. The molecule has 9 nitrogen and oxygen atoms in total. The van der Waals surface area contributed by atoms with Crippen LogP contribution in [0, 0.1) is 10.1 Å². The monoisotopic (exact) mass is 583 g/mol. The van der Waals surface area contributed by atoms with Crippen molar-refractivity contribution in [3.8, 4) is 11.3 Å². The van der Waals surface area contributed by atoms with E-state index in [-0.39, 0.29) is 22.9 Å². The van der Waals surface area contributed by atoms with Crippen LogP contribution in [0.1, 0.15) is 31.2 Å². The van der Waals surface area contributed by atoms with Gasteiger partial charge in [-0.1, -0.05) is 52.7 Å². The van der Waals surface area contributed by atoms with Crippen molar-refractivity contribution < 1.29 is 18.9 Å². The van der Waals surface area contributed by atoms with Gasteiger partial charge in [0.15, 0.2) is 4.80 Å². The van der Waals surface area contributed by atoms with Crippen LogP contribution in [-0.2, 0) is 9.53 Å². The van der Waals surface area contributed by atoms with Crippen molar-refractivity contribution >= 4 is 52.3 Å². The lowest BCUT2D eigenvalue weighted by Gasteiger charge is -2.25. The number of esters is 1. The maximum absolute atomic E-state index is 13.7. The van der Waals surface area contributed by atoms with Crippen LogP contribution in [0.5, 0.6) is 0 Å². The van der Waals surface area contributed by atoms with Crippen molar-refractivity contribution in [2.24, 2.45) is 4.99 Å². The lowest BCUT2D eigenvalue weighted by Crippen LogP contribution is -2.40. The average Bonchev–Trinajstić information content (AvgIpc) is 3.48. The Morgan fingerprint density at radius 2 is 1.97 bits per heavy atom. The predicted octanol–water partition coefficient (Wildman–Crippen LogP) is 5.27. The van der Waals surface area contributed by atoms with Gasteiger partial charge < -0.3 is 9.15 Å². The van der Waals surface area contributed by atoms with Gasteiger partial charge in [0.25, 0.3) is 11.2 Å². The molecule has 39 heavy (non-hydrogen) atoms. The van der Waals surface area contributed by atoms with Crippen LogP contribution in [-0.4, -0.2) is 22.1 Å². The molecule has 0 saturated carbocycles. The number of ether oxygens (including phenoxy) is 1. The Balaban J connectivity index is 1.64. The summed E-state index contributed by atoms with van der Waals surface area (Å²) in [5, 5.41) is 11.9. The molecule has 0 amide bonds. The predicted molar refractivity (Wildman–Crippen MR) is 148 cm³/mol. The van der Waals surface area contributed by atoms with E-state index in [9.17, 15) is 19.7 Å². The van der Waals surface area contributed by atoms with Gasteiger partial charge in [0, 0.05) is 28.8 Å². The number of allylic oxidation sites excluding steroid dienone is 1. The molecule has 0 saturated heterocycles. The summed E-state index contributed by atoms with van der Waals surface area (Å²) < 4.78 is 12.9. The third kappa shape index (κ3) is 4.94. The lowest BCUT2D eigenvalue weighted by atomic mass is 9.96. The summed E-state index contributed by atoms with van der Waals surface area (Å²) in [4.78, 5) is 42.3. The number of halogens is 2. The van der Waals surface area contributed by atoms with E-state index < -0.39 is 22.5 Å². The van der Waals surface area contributed by atoms with Crippen LogP contribution in [0.2, 0.25) is 10.0 Å². The summed E-state index contributed by atoms with van der Waals surface area (Å²) >= 11 is 13.9. The first kappa shape index (κ1) is 26.6. The third-order valence-corrected chi connectivity index (χ3v) is 7.70. The van der Waals surface area contributed by atoms with E-state index >= 15 is 0 Å². The number of nitro benzene ring substituents is 1. The second kappa shape index (κ2) is 10.6. The van der Waals surface area contributed by atoms with Crippen LogP contribution < -0.4 is 14.9 Å². The molecule has 4 aromatic rings. The van der Waals surface area contributed by atoms with Crippen molar-refractivity contribution in [2.45, 2.75) is 19.9 Å². The Kier molecular flexibility index (Phi) is 7.26. The van der Waals surface area contributed by atoms with Gasteiger partial charge in [-0.15, -0.1) is 0 Å². The zero-order valence-corrected chi connectivity index (χ0v) is 22.8. The second-order valence-corrected chi connectivity index (χ2v) is 10.3. The molecular weight excluding hydrogens is 565 g/mol. The quantitative estimate of drug-likeness (QED) is 0.173.